The predicted octanol–water partition coefficient (Wildman–Crippen LogP) is 3.53. The molecule has 2 aliphatic carbocycles. The SMILES string of the molecule is CCCOC1(CNC(=NC)NC2CCN(C3CC3)CC2)CCCCC1.I. The Morgan fingerprint density at radius 2 is 1.81 bits per heavy atom. The van der Waals surface area contributed by atoms with Crippen LogP contribution in [0.15, 0.2) is 4.99 Å². The molecule has 0 unspecified atom stereocenters. The van der Waals surface area contributed by atoms with Crippen molar-refractivity contribution in [2.45, 2.75) is 88.8 Å². The maximum Gasteiger partial charge on any atom is 0.191 e. The maximum atomic E-state index is 6.30. The van der Waals surface area contributed by atoms with Crippen molar-refractivity contribution in [3.8, 4) is 0 Å². The molecule has 0 radical (unpaired) electrons. The van der Waals surface area contributed by atoms with E-state index in [-0.39, 0.29) is 29.6 Å². The van der Waals surface area contributed by atoms with Gasteiger partial charge in [-0.1, -0.05) is 26.2 Å². The molecule has 152 valence electrons. The van der Waals surface area contributed by atoms with E-state index in [2.05, 4.69) is 27.4 Å². The molecule has 5 nitrogen and oxygen atoms in total. The van der Waals surface area contributed by atoms with Gasteiger partial charge in [0.1, 0.15) is 0 Å². The van der Waals surface area contributed by atoms with Crippen molar-refractivity contribution >= 4 is 29.9 Å². The second kappa shape index (κ2) is 11.1. The molecule has 0 spiro atoms. The zero-order valence-electron chi connectivity index (χ0n) is 16.8. The lowest BCUT2D eigenvalue weighted by Gasteiger charge is -2.38. The quantitative estimate of drug-likeness (QED) is 0.334. The monoisotopic (exact) mass is 478 g/mol. The van der Waals surface area contributed by atoms with E-state index in [9.17, 15) is 0 Å². The summed E-state index contributed by atoms with van der Waals surface area (Å²) >= 11 is 0. The Morgan fingerprint density at radius 1 is 1.12 bits per heavy atom. The average molecular weight is 478 g/mol. The van der Waals surface area contributed by atoms with E-state index in [0.717, 1.165) is 31.6 Å². The fourth-order valence-corrected chi connectivity index (χ4v) is 4.37. The second-order valence-electron chi connectivity index (χ2n) is 8.20. The van der Waals surface area contributed by atoms with E-state index >= 15 is 0 Å². The Kier molecular flexibility index (Phi) is 9.44. The first-order valence-corrected chi connectivity index (χ1v) is 10.6. The lowest BCUT2D eigenvalue weighted by molar-refractivity contribution is -0.0657. The van der Waals surface area contributed by atoms with Crippen molar-refractivity contribution in [3.05, 3.63) is 0 Å². The number of piperidine rings is 1. The molecule has 6 heteroatoms. The smallest absolute Gasteiger partial charge is 0.191 e. The minimum atomic E-state index is 0. The number of likely N-dealkylation sites (tertiary alicyclic amines) is 1. The van der Waals surface area contributed by atoms with Gasteiger partial charge in [-0.05, 0) is 44.9 Å². The summed E-state index contributed by atoms with van der Waals surface area (Å²) in [5, 5.41) is 7.24. The molecule has 1 saturated heterocycles. The van der Waals surface area contributed by atoms with Crippen LogP contribution in [0.5, 0.6) is 0 Å². The largest absolute Gasteiger partial charge is 0.373 e. The lowest BCUT2D eigenvalue weighted by Crippen LogP contribution is -2.53. The highest BCUT2D eigenvalue weighted by molar-refractivity contribution is 14.0. The fourth-order valence-electron chi connectivity index (χ4n) is 4.37. The highest BCUT2D eigenvalue weighted by Gasteiger charge is 2.34. The molecular weight excluding hydrogens is 439 g/mol. The zero-order chi connectivity index (χ0) is 17.5. The number of nitrogens with one attached hydrogen (secondary N) is 2. The molecule has 2 N–H and O–H groups in total. The lowest BCUT2D eigenvalue weighted by atomic mass is 9.84. The normalized spacial score (nSPS) is 24.8. The molecule has 1 heterocycles. The molecule has 26 heavy (non-hydrogen) atoms. The minimum absolute atomic E-state index is 0. The van der Waals surface area contributed by atoms with Crippen LogP contribution in [0, 0.1) is 0 Å². The first-order chi connectivity index (χ1) is 12.2. The van der Waals surface area contributed by atoms with Crippen LogP contribution >= 0.6 is 24.0 Å². The Balaban J connectivity index is 0.00000243. The molecule has 0 aromatic carbocycles. The van der Waals surface area contributed by atoms with Gasteiger partial charge in [-0.25, -0.2) is 0 Å². The van der Waals surface area contributed by atoms with Gasteiger partial charge < -0.3 is 20.3 Å². The van der Waals surface area contributed by atoms with Crippen LogP contribution in [-0.2, 0) is 4.74 Å². The Morgan fingerprint density at radius 3 is 2.38 bits per heavy atom. The summed E-state index contributed by atoms with van der Waals surface area (Å²) in [7, 11) is 1.88. The van der Waals surface area contributed by atoms with Gasteiger partial charge in [0, 0.05) is 45.4 Å². The summed E-state index contributed by atoms with van der Waals surface area (Å²) in [6, 6.07) is 1.46. The third-order valence-electron chi connectivity index (χ3n) is 6.11. The summed E-state index contributed by atoms with van der Waals surface area (Å²) in [4.78, 5) is 7.14. The first kappa shape index (κ1) is 22.2. The second-order valence-corrected chi connectivity index (χ2v) is 8.20. The first-order valence-electron chi connectivity index (χ1n) is 10.6. The average Bonchev–Trinajstić information content (AvgIpc) is 3.50. The van der Waals surface area contributed by atoms with Crippen molar-refractivity contribution in [2.75, 3.05) is 33.3 Å². The van der Waals surface area contributed by atoms with Gasteiger partial charge in [0.15, 0.2) is 5.96 Å². The molecule has 3 aliphatic rings. The molecule has 2 saturated carbocycles. The molecule has 3 rings (SSSR count). The van der Waals surface area contributed by atoms with Gasteiger partial charge >= 0.3 is 0 Å². The maximum absolute atomic E-state index is 6.30. The number of nitrogens with zero attached hydrogens (tertiary/aromatic N) is 2. The van der Waals surface area contributed by atoms with Crippen LogP contribution in [0.25, 0.3) is 0 Å². The van der Waals surface area contributed by atoms with Gasteiger partial charge in [-0.2, -0.15) is 0 Å². The van der Waals surface area contributed by atoms with E-state index < -0.39 is 0 Å². The Bertz CT molecular complexity index is 428. The summed E-state index contributed by atoms with van der Waals surface area (Å²) in [5.74, 6) is 0.954. The van der Waals surface area contributed by atoms with E-state index in [4.69, 9.17) is 4.74 Å². The third kappa shape index (κ3) is 6.51. The molecular formula is C20H39IN4O. The van der Waals surface area contributed by atoms with Crippen molar-refractivity contribution in [1.82, 2.24) is 15.5 Å². The number of guanidine groups is 1. The van der Waals surface area contributed by atoms with Crippen LogP contribution in [0.3, 0.4) is 0 Å². The molecule has 0 bridgehead atoms. The third-order valence-corrected chi connectivity index (χ3v) is 6.11. The number of aliphatic imine (C=N–C) groups is 1. The predicted molar refractivity (Wildman–Crippen MR) is 120 cm³/mol. The van der Waals surface area contributed by atoms with Crippen LogP contribution in [0.4, 0.5) is 0 Å². The summed E-state index contributed by atoms with van der Waals surface area (Å²) < 4.78 is 6.30. The summed E-state index contributed by atoms with van der Waals surface area (Å²) in [5.41, 5.74) is 0.0151. The number of ether oxygens (including phenoxy) is 1. The van der Waals surface area contributed by atoms with Gasteiger partial charge in [0.25, 0.3) is 0 Å². The number of rotatable bonds is 7. The molecule has 1 aliphatic heterocycles. The molecule has 0 amide bonds. The standard InChI is InChI=1S/C20H38N4O.HI/c1-3-15-25-20(11-5-4-6-12-20)16-22-19(21-2)23-17-9-13-24(14-10-17)18-7-8-18;/h17-18H,3-16H2,1-2H3,(H2,21,22,23);1H. The van der Waals surface area contributed by atoms with Crippen LogP contribution in [-0.4, -0.2) is 61.8 Å². The Labute approximate surface area is 177 Å². The molecule has 0 aromatic heterocycles. The van der Waals surface area contributed by atoms with E-state index in [1.807, 2.05) is 7.05 Å². The number of hydrogen-bond acceptors (Lipinski definition) is 3. The van der Waals surface area contributed by atoms with Crippen molar-refractivity contribution in [3.63, 3.8) is 0 Å². The van der Waals surface area contributed by atoms with E-state index in [1.165, 1.54) is 70.9 Å². The van der Waals surface area contributed by atoms with E-state index in [0.29, 0.717) is 6.04 Å². The van der Waals surface area contributed by atoms with E-state index in [1.54, 1.807) is 0 Å². The number of halogens is 1. The highest BCUT2D eigenvalue weighted by atomic mass is 127. The highest BCUT2D eigenvalue weighted by Crippen LogP contribution is 2.31. The zero-order valence-corrected chi connectivity index (χ0v) is 19.1. The van der Waals surface area contributed by atoms with Gasteiger partial charge in [0.05, 0.1) is 5.60 Å². The van der Waals surface area contributed by atoms with Crippen LogP contribution < -0.4 is 10.6 Å². The number of hydrogen-bond donors (Lipinski definition) is 2. The molecule has 0 atom stereocenters. The molecule has 0 aromatic rings. The van der Waals surface area contributed by atoms with Crippen LogP contribution in [0.2, 0.25) is 0 Å². The van der Waals surface area contributed by atoms with Gasteiger partial charge in [0.2, 0.25) is 0 Å². The fraction of sp³-hybridized carbons (Fsp3) is 0.950. The topological polar surface area (TPSA) is 48.9 Å². The van der Waals surface area contributed by atoms with Gasteiger partial charge in [-0.3, -0.25) is 4.99 Å². The van der Waals surface area contributed by atoms with Crippen molar-refractivity contribution < 1.29 is 4.74 Å². The summed E-state index contributed by atoms with van der Waals surface area (Å²) in [6.07, 6.45) is 12.7. The van der Waals surface area contributed by atoms with Gasteiger partial charge in [-0.15, -0.1) is 24.0 Å². The van der Waals surface area contributed by atoms with Crippen molar-refractivity contribution in [2.24, 2.45) is 4.99 Å². The van der Waals surface area contributed by atoms with Crippen LogP contribution in [0.1, 0.15) is 71.1 Å². The molecule has 3 fully saturated rings. The minimum Gasteiger partial charge on any atom is -0.373 e. The summed E-state index contributed by atoms with van der Waals surface area (Å²) in [6.45, 7) is 6.42. The Hall–Kier alpha value is -0.0800. The van der Waals surface area contributed by atoms with Crippen molar-refractivity contribution in [1.29, 1.82) is 0 Å².